The van der Waals surface area contributed by atoms with E-state index in [-0.39, 0.29) is 5.82 Å². The summed E-state index contributed by atoms with van der Waals surface area (Å²) in [4.78, 5) is 0. The maximum absolute atomic E-state index is 13.7. The van der Waals surface area contributed by atoms with Crippen molar-refractivity contribution in [2.75, 3.05) is 6.54 Å². The number of hydrogen-bond acceptors (Lipinski definition) is 1. The maximum atomic E-state index is 13.7. The number of halogens is 1. The highest BCUT2D eigenvalue weighted by Crippen LogP contribution is 2.23. The van der Waals surface area contributed by atoms with Gasteiger partial charge >= 0.3 is 0 Å². The number of hydrogen-bond donors (Lipinski definition) is 1. The smallest absolute Gasteiger partial charge is 0.147 e. The Bertz CT molecular complexity index is 529. The number of rotatable bonds is 5. The molecule has 0 aliphatic heterocycles. The van der Waals surface area contributed by atoms with E-state index in [1.54, 1.807) is 6.07 Å². The number of fused-ring (bicyclic) bond motifs is 1. The molecule has 2 rings (SSSR count). The maximum Gasteiger partial charge on any atom is 0.147 e. The van der Waals surface area contributed by atoms with Crippen molar-refractivity contribution in [2.24, 2.45) is 7.05 Å². The number of nitrogens with zero attached hydrogens (tertiary/aromatic N) is 1. The zero-order chi connectivity index (χ0) is 13.1. The zero-order valence-corrected chi connectivity index (χ0v) is 11.3. The van der Waals surface area contributed by atoms with Gasteiger partial charge in [0.25, 0.3) is 0 Å². The summed E-state index contributed by atoms with van der Waals surface area (Å²) in [5, 5.41) is 4.44. The summed E-state index contributed by atoms with van der Waals surface area (Å²) in [5.74, 6) is -0.137. The molecule has 1 aromatic heterocycles. The molecule has 0 fully saturated rings. The van der Waals surface area contributed by atoms with Crippen LogP contribution in [0.3, 0.4) is 0 Å². The third-order valence-corrected chi connectivity index (χ3v) is 3.21. The summed E-state index contributed by atoms with van der Waals surface area (Å²) in [5.41, 5.74) is 1.95. The van der Waals surface area contributed by atoms with Gasteiger partial charge in [0.15, 0.2) is 0 Å². The first-order valence-corrected chi connectivity index (χ1v) is 6.55. The van der Waals surface area contributed by atoms with Crippen molar-refractivity contribution in [2.45, 2.75) is 32.7 Å². The standard InChI is InChI=1S/C15H21FN2/c1-11(2)17-9-5-6-12-10-18(3)15-13(12)7-4-8-14(15)16/h4,7-8,10-11,17H,5-6,9H2,1-3H3. The van der Waals surface area contributed by atoms with E-state index in [0.29, 0.717) is 11.6 Å². The van der Waals surface area contributed by atoms with E-state index in [1.807, 2.05) is 23.9 Å². The Morgan fingerprint density at radius 3 is 2.83 bits per heavy atom. The minimum absolute atomic E-state index is 0.137. The van der Waals surface area contributed by atoms with Crippen LogP contribution < -0.4 is 5.32 Å². The first-order valence-electron chi connectivity index (χ1n) is 6.55. The molecule has 0 atom stereocenters. The van der Waals surface area contributed by atoms with E-state index >= 15 is 0 Å². The highest BCUT2D eigenvalue weighted by molar-refractivity contribution is 5.84. The molecule has 0 amide bonds. The molecule has 1 N–H and O–H groups in total. The molecule has 1 aromatic carbocycles. The Morgan fingerprint density at radius 1 is 1.33 bits per heavy atom. The average molecular weight is 248 g/mol. The molecule has 0 aliphatic carbocycles. The van der Waals surface area contributed by atoms with Gasteiger partial charge in [0.05, 0.1) is 5.52 Å². The lowest BCUT2D eigenvalue weighted by molar-refractivity contribution is 0.571. The molecule has 0 radical (unpaired) electrons. The van der Waals surface area contributed by atoms with Crippen LogP contribution in [-0.4, -0.2) is 17.2 Å². The zero-order valence-electron chi connectivity index (χ0n) is 11.3. The number of nitrogens with one attached hydrogen (secondary N) is 1. The summed E-state index contributed by atoms with van der Waals surface area (Å²) in [7, 11) is 1.90. The van der Waals surface area contributed by atoms with Gasteiger partial charge < -0.3 is 9.88 Å². The molecular weight excluding hydrogens is 227 g/mol. The van der Waals surface area contributed by atoms with Crippen LogP contribution in [0.2, 0.25) is 0 Å². The lowest BCUT2D eigenvalue weighted by atomic mass is 10.1. The third-order valence-electron chi connectivity index (χ3n) is 3.21. The van der Waals surface area contributed by atoms with Gasteiger partial charge in [-0.2, -0.15) is 0 Å². The van der Waals surface area contributed by atoms with Crippen molar-refractivity contribution in [1.29, 1.82) is 0 Å². The van der Waals surface area contributed by atoms with E-state index < -0.39 is 0 Å². The Hall–Kier alpha value is -1.35. The molecule has 0 aliphatic rings. The average Bonchev–Trinajstić information content (AvgIpc) is 2.63. The summed E-state index contributed by atoms with van der Waals surface area (Å²) >= 11 is 0. The van der Waals surface area contributed by atoms with Crippen molar-refractivity contribution in [3.63, 3.8) is 0 Å². The highest BCUT2D eigenvalue weighted by atomic mass is 19.1. The van der Waals surface area contributed by atoms with Gasteiger partial charge in [0.2, 0.25) is 0 Å². The van der Waals surface area contributed by atoms with Crippen LogP contribution in [0.25, 0.3) is 10.9 Å². The topological polar surface area (TPSA) is 17.0 Å². The molecule has 3 heteroatoms. The van der Waals surface area contributed by atoms with Gasteiger partial charge in [-0.3, -0.25) is 0 Å². The molecule has 18 heavy (non-hydrogen) atoms. The van der Waals surface area contributed by atoms with Crippen molar-refractivity contribution in [3.05, 3.63) is 35.8 Å². The number of aryl methyl sites for hydroxylation is 2. The highest BCUT2D eigenvalue weighted by Gasteiger charge is 2.09. The van der Waals surface area contributed by atoms with Gasteiger partial charge in [-0.05, 0) is 31.0 Å². The second-order valence-corrected chi connectivity index (χ2v) is 5.11. The van der Waals surface area contributed by atoms with Gasteiger partial charge in [-0.25, -0.2) is 4.39 Å². The summed E-state index contributed by atoms with van der Waals surface area (Å²) in [6.07, 6.45) is 4.11. The number of aromatic nitrogens is 1. The van der Waals surface area contributed by atoms with Gasteiger partial charge in [-0.1, -0.05) is 26.0 Å². The number of benzene rings is 1. The van der Waals surface area contributed by atoms with Crippen LogP contribution in [0.1, 0.15) is 25.8 Å². The van der Waals surface area contributed by atoms with Gasteiger partial charge in [-0.15, -0.1) is 0 Å². The molecule has 1 heterocycles. The monoisotopic (exact) mass is 248 g/mol. The lowest BCUT2D eigenvalue weighted by Crippen LogP contribution is -2.23. The second kappa shape index (κ2) is 5.53. The van der Waals surface area contributed by atoms with Crippen molar-refractivity contribution >= 4 is 10.9 Å². The van der Waals surface area contributed by atoms with Crippen LogP contribution in [0.15, 0.2) is 24.4 Å². The van der Waals surface area contributed by atoms with Crippen molar-refractivity contribution in [3.8, 4) is 0 Å². The SMILES string of the molecule is CC(C)NCCCc1cn(C)c2c(F)cccc12. The fraction of sp³-hybridized carbons (Fsp3) is 0.467. The Labute approximate surface area is 108 Å². The molecule has 2 aromatic rings. The van der Waals surface area contributed by atoms with Crippen LogP contribution in [0, 0.1) is 5.82 Å². The minimum Gasteiger partial charge on any atom is -0.348 e. The van der Waals surface area contributed by atoms with E-state index in [2.05, 4.69) is 19.2 Å². The molecule has 98 valence electrons. The van der Waals surface area contributed by atoms with Crippen LogP contribution in [0.5, 0.6) is 0 Å². The summed E-state index contributed by atoms with van der Waals surface area (Å²) in [6, 6.07) is 5.83. The van der Waals surface area contributed by atoms with Crippen LogP contribution in [0.4, 0.5) is 4.39 Å². The van der Waals surface area contributed by atoms with E-state index in [9.17, 15) is 4.39 Å². The molecule has 0 bridgehead atoms. The molecule has 0 spiro atoms. The molecule has 2 nitrogen and oxygen atoms in total. The van der Waals surface area contributed by atoms with Gasteiger partial charge in [0.1, 0.15) is 5.82 Å². The molecule has 0 unspecified atom stereocenters. The summed E-state index contributed by atoms with van der Waals surface area (Å²) < 4.78 is 15.6. The quantitative estimate of drug-likeness (QED) is 0.804. The minimum atomic E-state index is -0.137. The normalized spacial score (nSPS) is 11.6. The van der Waals surface area contributed by atoms with Crippen LogP contribution >= 0.6 is 0 Å². The Kier molecular flexibility index (Phi) is 4.02. The first kappa shape index (κ1) is 13.1. The predicted octanol–water partition coefficient (Wildman–Crippen LogP) is 3.25. The molecule has 0 saturated heterocycles. The van der Waals surface area contributed by atoms with E-state index in [1.165, 1.54) is 11.6 Å². The fourth-order valence-corrected chi connectivity index (χ4v) is 2.37. The number of para-hydroxylation sites is 1. The Morgan fingerprint density at radius 2 is 2.11 bits per heavy atom. The second-order valence-electron chi connectivity index (χ2n) is 5.11. The molecular formula is C15H21FN2. The molecule has 0 saturated carbocycles. The van der Waals surface area contributed by atoms with E-state index in [4.69, 9.17) is 0 Å². The predicted molar refractivity (Wildman–Crippen MR) is 74.3 cm³/mol. The van der Waals surface area contributed by atoms with Crippen molar-refractivity contribution < 1.29 is 4.39 Å². The van der Waals surface area contributed by atoms with Crippen molar-refractivity contribution in [1.82, 2.24) is 9.88 Å². The van der Waals surface area contributed by atoms with Gasteiger partial charge in [0, 0.05) is 24.7 Å². The fourth-order valence-electron chi connectivity index (χ4n) is 2.37. The van der Waals surface area contributed by atoms with E-state index in [0.717, 1.165) is 24.8 Å². The Balaban J connectivity index is 2.12. The van der Waals surface area contributed by atoms with Crippen LogP contribution in [-0.2, 0) is 13.5 Å². The largest absolute Gasteiger partial charge is 0.348 e. The lowest BCUT2D eigenvalue weighted by Gasteiger charge is -2.07. The first-order chi connectivity index (χ1) is 8.59. The summed E-state index contributed by atoms with van der Waals surface area (Å²) in [6.45, 7) is 5.30. The third kappa shape index (κ3) is 2.72.